The van der Waals surface area contributed by atoms with Crippen molar-refractivity contribution in [1.82, 2.24) is 24.8 Å². The molecule has 3 N–H and O–H groups in total. The van der Waals surface area contributed by atoms with E-state index in [-0.39, 0.29) is 12.1 Å². The molecule has 1 fully saturated rings. The van der Waals surface area contributed by atoms with Crippen LogP contribution in [0.4, 0.5) is 11.8 Å². The largest absolute Gasteiger partial charge is 0.378 e. The first-order chi connectivity index (χ1) is 11.7. The normalized spacial score (nSPS) is 23.0. The van der Waals surface area contributed by atoms with Gasteiger partial charge < -0.3 is 25.3 Å². The second-order valence-corrected chi connectivity index (χ2v) is 6.36. The van der Waals surface area contributed by atoms with Crippen LogP contribution in [-0.4, -0.2) is 51.9 Å². The Morgan fingerprint density at radius 3 is 3.12 bits per heavy atom. The second kappa shape index (κ2) is 6.37. The molecule has 0 aromatic carbocycles. The van der Waals surface area contributed by atoms with Crippen LogP contribution in [0.15, 0.2) is 18.5 Å². The summed E-state index contributed by atoms with van der Waals surface area (Å²) in [7, 11) is 1.76. The lowest BCUT2D eigenvalue weighted by molar-refractivity contribution is 0.0964. The van der Waals surface area contributed by atoms with Gasteiger partial charge in [-0.05, 0) is 12.5 Å². The van der Waals surface area contributed by atoms with Crippen LogP contribution in [0.3, 0.4) is 0 Å². The topological polar surface area (TPSA) is 94.1 Å². The van der Waals surface area contributed by atoms with E-state index in [1.807, 2.05) is 12.3 Å². The first-order valence-electron chi connectivity index (χ1n) is 8.37. The number of rotatable bonds is 5. The summed E-state index contributed by atoms with van der Waals surface area (Å²) in [5.74, 6) is 2.35. The number of hydrogen-bond acceptors (Lipinski definition) is 7. The summed E-state index contributed by atoms with van der Waals surface area (Å²) in [6.45, 7) is 3.50. The Labute approximate surface area is 141 Å². The van der Waals surface area contributed by atoms with E-state index in [1.165, 1.54) is 17.9 Å². The summed E-state index contributed by atoms with van der Waals surface area (Å²) in [4.78, 5) is 15.0. The zero-order chi connectivity index (χ0) is 16.5. The molecule has 0 amide bonds. The van der Waals surface area contributed by atoms with E-state index in [9.17, 15) is 0 Å². The smallest absolute Gasteiger partial charge is 0.221 e. The zero-order valence-electron chi connectivity index (χ0n) is 13.9. The molecule has 128 valence electrons. The fourth-order valence-electron chi connectivity index (χ4n) is 3.63. The Kier molecular flexibility index (Phi) is 4.07. The fraction of sp³-hybridized carbons (Fsp3) is 0.562. The summed E-state index contributed by atoms with van der Waals surface area (Å²) in [5.41, 5.74) is 6.95. The number of nitrogen functional groups attached to an aromatic ring is 1. The number of methoxy groups -OCH3 is 1. The number of aromatic nitrogens is 4. The Bertz CT molecular complexity index is 716. The van der Waals surface area contributed by atoms with E-state index in [0.29, 0.717) is 5.95 Å². The predicted octanol–water partition coefficient (Wildman–Crippen LogP) is 0.195. The van der Waals surface area contributed by atoms with E-state index >= 15 is 0 Å². The van der Waals surface area contributed by atoms with Crippen molar-refractivity contribution in [1.29, 1.82) is 0 Å². The van der Waals surface area contributed by atoms with E-state index in [2.05, 4.69) is 29.7 Å². The fourth-order valence-corrected chi connectivity index (χ4v) is 3.63. The Morgan fingerprint density at radius 1 is 1.38 bits per heavy atom. The molecule has 0 aliphatic carbocycles. The van der Waals surface area contributed by atoms with Gasteiger partial charge in [-0.2, -0.15) is 4.98 Å². The van der Waals surface area contributed by atoms with Crippen molar-refractivity contribution >= 4 is 11.8 Å². The third kappa shape index (κ3) is 2.83. The van der Waals surface area contributed by atoms with Crippen molar-refractivity contribution in [2.75, 3.05) is 30.8 Å². The van der Waals surface area contributed by atoms with Crippen LogP contribution >= 0.6 is 0 Å². The van der Waals surface area contributed by atoms with Crippen LogP contribution in [0.1, 0.15) is 17.9 Å². The summed E-state index contributed by atoms with van der Waals surface area (Å²) in [6.07, 6.45) is 6.08. The van der Waals surface area contributed by atoms with Crippen LogP contribution in [-0.2, 0) is 24.2 Å². The van der Waals surface area contributed by atoms with E-state index in [4.69, 9.17) is 10.5 Å². The van der Waals surface area contributed by atoms with Crippen LogP contribution in [0.2, 0.25) is 0 Å². The van der Waals surface area contributed by atoms with Crippen molar-refractivity contribution in [3.8, 4) is 0 Å². The Morgan fingerprint density at radius 2 is 2.29 bits per heavy atom. The molecule has 0 unspecified atom stereocenters. The number of ether oxygens (including phenoxy) is 1. The summed E-state index contributed by atoms with van der Waals surface area (Å²) < 4.78 is 7.99. The van der Waals surface area contributed by atoms with Crippen LogP contribution in [0.25, 0.3) is 0 Å². The maximum Gasteiger partial charge on any atom is 0.221 e. The number of nitrogens with two attached hydrogens (primary N) is 1. The highest BCUT2D eigenvalue weighted by Crippen LogP contribution is 2.21. The van der Waals surface area contributed by atoms with Crippen LogP contribution < -0.4 is 16.0 Å². The molecule has 0 radical (unpaired) electrons. The predicted molar refractivity (Wildman–Crippen MR) is 90.6 cm³/mol. The second-order valence-electron chi connectivity index (χ2n) is 6.36. The van der Waals surface area contributed by atoms with Crippen molar-refractivity contribution in [3.05, 3.63) is 30.0 Å². The number of nitrogens with one attached hydrogen (secondary N) is 1. The minimum atomic E-state index is 0.113. The highest BCUT2D eigenvalue weighted by molar-refractivity contribution is 5.43. The van der Waals surface area contributed by atoms with Gasteiger partial charge in [-0.15, -0.1) is 0 Å². The highest BCUT2D eigenvalue weighted by Gasteiger charge is 2.33. The maximum absolute atomic E-state index is 5.70. The molecule has 2 aliphatic heterocycles. The molecule has 1 saturated heterocycles. The third-order valence-electron chi connectivity index (χ3n) is 4.90. The molecule has 0 bridgehead atoms. The molecule has 8 heteroatoms. The van der Waals surface area contributed by atoms with Gasteiger partial charge in [0.05, 0.1) is 17.8 Å². The first-order valence-corrected chi connectivity index (χ1v) is 8.37. The van der Waals surface area contributed by atoms with Gasteiger partial charge in [0.15, 0.2) is 0 Å². The number of anilines is 2. The van der Waals surface area contributed by atoms with E-state index in [1.54, 1.807) is 13.3 Å². The molecule has 2 aromatic heterocycles. The first kappa shape index (κ1) is 15.3. The van der Waals surface area contributed by atoms with Gasteiger partial charge in [-0.25, -0.2) is 9.97 Å². The molecule has 0 spiro atoms. The van der Waals surface area contributed by atoms with Gasteiger partial charge in [-0.3, -0.25) is 0 Å². The van der Waals surface area contributed by atoms with Gasteiger partial charge in [0.25, 0.3) is 0 Å². The third-order valence-corrected chi connectivity index (χ3v) is 4.90. The molecule has 8 nitrogen and oxygen atoms in total. The van der Waals surface area contributed by atoms with Gasteiger partial charge in [0, 0.05) is 52.1 Å². The molecular formula is C16H23N7O. The lowest BCUT2D eigenvalue weighted by atomic mass is 10.2. The number of aryl methyl sites for hydroxylation is 1. The highest BCUT2D eigenvalue weighted by atomic mass is 16.5. The van der Waals surface area contributed by atoms with Gasteiger partial charge in [0.2, 0.25) is 5.95 Å². The van der Waals surface area contributed by atoms with Crippen molar-refractivity contribution in [2.45, 2.75) is 38.1 Å². The molecular weight excluding hydrogens is 306 g/mol. The van der Waals surface area contributed by atoms with Gasteiger partial charge >= 0.3 is 0 Å². The lowest BCUT2D eigenvalue weighted by Gasteiger charge is -2.18. The number of fused-ring (bicyclic) bond motifs is 1. The molecule has 4 rings (SSSR count). The molecule has 2 aliphatic rings. The summed E-state index contributed by atoms with van der Waals surface area (Å²) >= 11 is 0. The Balaban J connectivity index is 1.42. The quantitative estimate of drug-likeness (QED) is 0.809. The van der Waals surface area contributed by atoms with E-state index in [0.717, 1.165) is 38.4 Å². The summed E-state index contributed by atoms with van der Waals surface area (Å²) in [5, 5.41) is 3.63. The van der Waals surface area contributed by atoms with Crippen molar-refractivity contribution in [2.24, 2.45) is 0 Å². The van der Waals surface area contributed by atoms with Crippen molar-refractivity contribution in [3.63, 3.8) is 0 Å². The molecule has 2 aromatic rings. The molecule has 4 heterocycles. The summed E-state index contributed by atoms with van der Waals surface area (Å²) in [6, 6.07) is 2.12. The van der Waals surface area contributed by atoms with Crippen LogP contribution in [0.5, 0.6) is 0 Å². The molecule has 24 heavy (non-hydrogen) atoms. The van der Waals surface area contributed by atoms with Gasteiger partial charge in [0.1, 0.15) is 11.6 Å². The molecule has 2 atom stereocenters. The number of imidazole rings is 1. The SMILES string of the molecule is CO[C@@H]1CN(c2ccnc(N)n2)C[C@@H]1NCc1cnc2n1CCC2. The number of nitrogens with zero attached hydrogens (tertiary/aromatic N) is 5. The number of hydrogen-bond donors (Lipinski definition) is 2. The minimum absolute atomic E-state index is 0.113. The average Bonchev–Trinajstić information content (AvgIpc) is 3.28. The Hall–Kier alpha value is -2.19. The zero-order valence-corrected chi connectivity index (χ0v) is 13.9. The minimum Gasteiger partial charge on any atom is -0.378 e. The lowest BCUT2D eigenvalue weighted by Crippen LogP contribution is -2.40. The van der Waals surface area contributed by atoms with Gasteiger partial charge in [-0.1, -0.05) is 0 Å². The maximum atomic E-state index is 5.70. The molecule has 0 saturated carbocycles. The van der Waals surface area contributed by atoms with Crippen molar-refractivity contribution < 1.29 is 4.74 Å². The standard InChI is InChI=1S/C16H23N7O/c1-24-13-10-22(15-4-5-18-16(17)21-15)9-12(13)19-7-11-8-20-14-3-2-6-23(11)14/h4-5,8,12-13,19H,2-3,6-7,9-10H2,1H3,(H2,17,18,21)/t12-,13+/m0/s1. The van der Waals surface area contributed by atoms with E-state index < -0.39 is 0 Å². The monoisotopic (exact) mass is 329 g/mol. The van der Waals surface area contributed by atoms with Crippen LogP contribution in [0, 0.1) is 0 Å². The average molecular weight is 329 g/mol.